The monoisotopic (exact) mass is 869 g/mol. The molecule has 0 heterocycles. The first-order valence-electron chi connectivity index (χ1n) is 28.0. The molecule has 0 aromatic rings. The van der Waals surface area contributed by atoms with E-state index in [0.29, 0.717) is 19.3 Å². The van der Waals surface area contributed by atoms with E-state index < -0.39 is 25.0 Å². The second kappa shape index (κ2) is 52.4. The van der Waals surface area contributed by atoms with Gasteiger partial charge in [-0.15, -0.1) is 0 Å². The summed E-state index contributed by atoms with van der Waals surface area (Å²) in [6, 6.07) is 0. The van der Waals surface area contributed by atoms with E-state index in [0.717, 1.165) is 38.5 Å². The molecule has 0 aliphatic heterocycles. The highest BCUT2D eigenvalue weighted by Crippen LogP contribution is 2.18. The molecule has 0 amide bonds. The summed E-state index contributed by atoms with van der Waals surface area (Å²) in [6.07, 6.45) is 55.0. The minimum Gasteiger partial charge on any atom is -0.368 e. The van der Waals surface area contributed by atoms with E-state index in [1.54, 1.807) is 0 Å². The lowest BCUT2D eigenvalue weighted by atomic mass is 10.0. The van der Waals surface area contributed by atoms with E-state index in [9.17, 15) is 15.3 Å². The van der Waals surface area contributed by atoms with Crippen molar-refractivity contribution in [3.8, 4) is 0 Å². The molecule has 0 radical (unpaired) electrons. The van der Waals surface area contributed by atoms with Crippen molar-refractivity contribution < 1.29 is 29.5 Å². The van der Waals surface area contributed by atoms with Gasteiger partial charge >= 0.3 is 0 Å². The van der Waals surface area contributed by atoms with Gasteiger partial charge in [0.05, 0.1) is 13.2 Å². The van der Waals surface area contributed by atoms with Gasteiger partial charge in [-0.05, 0) is 38.5 Å². The number of hydrogen-bond acceptors (Lipinski definition) is 6. The normalized spacial score (nSPS) is 13.9. The summed E-state index contributed by atoms with van der Waals surface area (Å²) in [5, 5.41) is 32.0. The number of ether oxygens (including phenoxy) is 3. The smallest absolute Gasteiger partial charge is 0.155 e. The van der Waals surface area contributed by atoms with Crippen molar-refractivity contribution >= 4 is 0 Å². The van der Waals surface area contributed by atoms with Crippen LogP contribution in [0.25, 0.3) is 0 Å². The second-order valence-corrected chi connectivity index (χ2v) is 19.3. The quantitative estimate of drug-likeness (QED) is 0.0417. The van der Waals surface area contributed by atoms with Gasteiger partial charge in [-0.25, -0.2) is 0 Å². The number of rotatable bonds is 54. The molecule has 6 heteroatoms. The molecule has 0 aliphatic rings. The highest BCUT2D eigenvalue weighted by molar-refractivity contribution is 4.61. The maximum atomic E-state index is 10.8. The van der Waals surface area contributed by atoms with Gasteiger partial charge in [0.15, 0.2) is 18.9 Å². The van der Waals surface area contributed by atoms with Crippen LogP contribution in [0.1, 0.15) is 316 Å². The third kappa shape index (κ3) is 50.6. The first-order valence-corrected chi connectivity index (χ1v) is 28.0. The van der Waals surface area contributed by atoms with Crippen LogP contribution in [-0.4, -0.2) is 53.5 Å². The molecule has 0 aromatic carbocycles. The largest absolute Gasteiger partial charge is 0.368 e. The van der Waals surface area contributed by atoms with Crippen LogP contribution in [0.3, 0.4) is 0 Å². The molecule has 3 unspecified atom stereocenters. The molecule has 0 aliphatic carbocycles. The van der Waals surface area contributed by atoms with Crippen molar-refractivity contribution in [2.75, 3.05) is 13.2 Å². The number of unbranched alkanes of at least 4 members (excludes halogenated alkanes) is 40. The standard InChI is InChI=1S/C55H112O6/c1-4-7-10-13-16-19-22-25-27-30-33-36-39-42-45-48-54(57)60-51-52(50-59-53(56)47-44-41-38-35-32-29-24-21-18-15-12-9-6-3)61-55(58)49-46-43-40-37-34-31-28-26-23-20-17-14-11-8-5-2/h52-58H,4-51H2,1-3H3/t52?,53-,54?,55?/m0/s1. The first-order chi connectivity index (χ1) is 30.0. The molecule has 368 valence electrons. The van der Waals surface area contributed by atoms with Crippen molar-refractivity contribution in [1.82, 2.24) is 0 Å². The number of aliphatic hydroxyl groups excluding tert-OH is 3. The summed E-state index contributed by atoms with van der Waals surface area (Å²) in [7, 11) is 0. The Balaban J connectivity index is 4.28. The zero-order valence-electron chi connectivity index (χ0n) is 41.8. The number of aliphatic hydroxyl groups is 3. The van der Waals surface area contributed by atoms with Gasteiger partial charge in [-0.1, -0.05) is 278 Å². The zero-order valence-corrected chi connectivity index (χ0v) is 41.8. The Morgan fingerprint density at radius 3 is 0.639 bits per heavy atom. The molecular formula is C55H112O6. The zero-order chi connectivity index (χ0) is 44.4. The average Bonchev–Trinajstić information content (AvgIpc) is 3.26. The Morgan fingerprint density at radius 2 is 0.426 bits per heavy atom. The van der Waals surface area contributed by atoms with Crippen LogP contribution in [0.15, 0.2) is 0 Å². The lowest BCUT2D eigenvalue weighted by molar-refractivity contribution is -0.212. The van der Waals surface area contributed by atoms with Gasteiger partial charge in [-0.3, -0.25) is 0 Å². The summed E-state index contributed by atoms with van der Waals surface area (Å²) in [5.74, 6) is 0. The lowest BCUT2D eigenvalue weighted by Gasteiger charge is -2.24. The van der Waals surface area contributed by atoms with Gasteiger partial charge < -0.3 is 29.5 Å². The summed E-state index contributed by atoms with van der Waals surface area (Å²) < 4.78 is 17.7. The van der Waals surface area contributed by atoms with Crippen molar-refractivity contribution in [2.24, 2.45) is 0 Å². The summed E-state index contributed by atoms with van der Waals surface area (Å²) >= 11 is 0. The van der Waals surface area contributed by atoms with E-state index in [2.05, 4.69) is 20.8 Å². The molecule has 0 spiro atoms. The van der Waals surface area contributed by atoms with Crippen molar-refractivity contribution in [3.05, 3.63) is 0 Å². The van der Waals surface area contributed by atoms with Crippen LogP contribution in [0, 0.1) is 0 Å². The average molecular weight is 869 g/mol. The Kier molecular flexibility index (Phi) is 52.2. The third-order valence-electron chi connectivity index (χ3n) is 13.0. The highest BCUT2D eigenvalue weighted by Gasteiger charge is 2.19. The van der Waals surface area contributed by atoms with Crippen LogP contribution < -0.4 is 0 Å². The van der Waals surface area contributed by atoms with Crippen molar-refractivity contribution in [1.29, 1.82) is 0 Å². The highest BCUT2D eigenvalue weighted by atomic mass is 16.7. The van der Waals surface area contributed by atoms with E-state index in [1.165, 1.54) is 238 Å². The molecule has 0 saturated carbocycles. The fraction of sp³-hybridized carbons (Fsp3) is 1.00. The van der Waals surface area contributed by atoms with Crippen molar-refractivity contribution in [3.63, 3.8) is 0 Å². The van der Waals surface area contributed by atoms with Crippen LogP contribution in [-0.2, 0) is 14.2 Å². The molecular weight excluding hydrogens is 757 g/mol. The molecule has 0 fully saturated rings. The minimum atomic E-state index is -0.898. The summed E-state index contributed by atoms with van der Waals surface area (Å²) in [4.78, 5) is 0. The Hall–Kier alpha value is -0.240. The maximum absolute atomic E-state index is 10.8. The molecule has 61 heavy (non-hydrogen) atoms. The molecule has 6 nitrogen and oxygen atoms in total. The van der Waals surface area contributed by atoms with E-state index in [1.807, 2.05) is 0 Å². The molecule has 0 rings (SSSR count). The fourth-order valence-corrected chi connectivity index (χ4v) is 8.74. The maximum Gasteiger partial charge on any atom is 0.155 e. The third-order valence-corrected chi connectivity index (χ3v) is 13.0. The Bertz CT molecular complexity index is 781. The number of hydrogen-bond donors (Lipinski definition) is 3. The summed E-state index contributed by atoms with van der Waals surface area (Å²) in [5.41, 5.74) is 0. The second-order valence-electron chi connectivity index (χ2n) is 19.3. The van der Waals surface area contributed by atoms with E-state index in [-0.39, 0.29) is 13.2 Å². The van der Waals surface area contributed by atoms with Gasteiger partial charge in [0.1, 0.15) is 6.10 Å². The predicted octanol–water partition coefficient (Wildman–Crippen LogP) is 17.4. The van der Waals surface area contributed by atoms with Crippen LogP contribution in [0.5, 0.6) is 0 Å². The molecule has 0 saturated heterocycles. The predicted molar refractivity (Wildman–Crippen MR) is 264 cm³/mol. The first kappa shape index (κ1) is 60.8. The van der Waals surface area contributed by atoms with Crippen LogP contribution in [0.2, 0.25) is 0 Å². The lowest BCUT2D eigenvalue weighted by Crippen LogP contribution is -2.34. The van der Waals surface area contributed by atoms with Crippen LogP contribution in [0.4, 0.5) is 0 Å². The fourth-order valence-electron chi connectivity index (χ4n) is 8.74. The topological polar surface area (TPSA) is 88.4 Å². The van der Waals surface area contributed by atoms with Crippen LogP contribution >= 0.6 is 0 Å². The van der Waals surface area contributed by atoms with E-state index in [4.69, 9.17) is 14.2 Å². The SMILES string of the molecule is CCCCCCCCCCCCCCCCCC(O)OCC(CO[C@H](O)CCCCCCCCCCCCCCC)OC(O)CCCCCCCCCCCCCCCCC. The molecule has 0 aromatic heterocycles. The molecule has 0 bridgehead atoms. The summed E-state index contributed by atoms with van der Waals surface area (Å²) in [6.45, 7) is 7.13. The van der Waals surface area contributed by atoms with Gasteiger partial charge in [0, 0.05) is 0 Å². The minimum absolute atomic E-state index is 0.140. The molecule has 4 atom stereocenters. The Morgan fingerprint density at radius 1 is 0.246 bits per heavy atom. The van der Waals surface area contributed by atoms with E-state index >= 15 is 0 Å². The van der Waals surface area contributed by atoms with Crippen molar-refractivity contribution in [2.45, 2.75) is 341 Å². The van der Waals surface area contributed by atoms with Gasteiger partial charge in [-0.2, -0.15) is 0 Å². The van der Waals surface area contributed by atoms with Gasteiger partial charge in [0.25, 0.3) is 0 Å². The Labute approximate surface area is 382 Å². The van der Waals surface area contributed by atoms with Gasteiger partial charge in [0.2, 0.25) is 0 Å². The molecule has 3 N–H and O–H groups in total.